The van der Waals surface area contributed by atoms with Gasteiger partial charge in [0.1, 0.15) is 11.7 Å². The lowest BCUT2D eigenvalue weighted by atomic mass is 10.0. The molecule has 0 saturated heterocycles. The largest absolute Gasteiger partial charge is 0.324 e. The van der Waals surface area contributed by atoms with E-state index in [0.29, 0.717) is 0 Å². The summed E-state index contributed by atoms with van der Waals surface area (Å²) in [5.74, 6) is 1.67. The molecule has 0 amide bonds. The van der Waals surface area contributed by atoms with Crippen molar-refractivity contribution in [3.63, 3.8) is 0 Å². The minimum Gasteiger partial charge on any atom is -0.324 e. The van der Waals surface area contributed by atoms with Crippen LogP contribution in [-0.4, -0.2) is 16.1 Å². The van der Waals surface area contributed by atoms with Gasteiger partial charge >= 0.3 is 0 Å². The number of fused-ring (bicyclic) bond motifs is 6. The van der Waals surface area contributed by atoms with Crippen LogP contribution in [0, 0.1) is 0 Å². The number of nitrogens with one attached hydrogen (secondary N) is 1. The molecule has 0 radical (unpaired) electrons. The van der Waals surface area contributed by atoms with Gasteiger partial charge in [0.2, 0.25) is 0 Å². The third-order valence-electron chi connectivity index (χ3n) is 7.36. The Kier molecular flexibility index (Phi) is 4.25. The normalized spacial score (nSPS) is 15.8. The SMILES string of the molecule is c1ccc(C2=NC(c3ccccc3)N=C(c3cc4c5ccccc5n5c6ccccc6c(c3)c45)N2)cc1. The first-order valence-corrected chi connectivity index (χ1v) is 12.6. The van der Waals surface area contributed by atoms with E-state index < -0.39 is 0 Å². The predicted molar refractivity (Wildman–Crippen MR) is 153 cm³/mol. The van der Waals surface area contributed by atoms with Crippen molar-refractivity contribution in [3.8, 4) is 0 Å². The quantitative estimate of drug-likeness (QED) is 0.286. The molecule has 7 aromatic rings. The predicted octanol–water partition coefficient (Wildman–Crippen LogP) is 7.33. The zero-order valence-electron chi connectivity index (χ0n) is 20.0. The first-order chi connectivity index (χ1) is 18.3. The van der Waals surface area contributed by atoms with E-state index in [9.17, 15) is 0 Å². The number of hydrogen-bond acceptors (Lipinski definition) is 3. The molecule has 1 aliphatic rings. The zero-order chi connectivity index (χ0) is 24.3. The molecule has 4 heteroatoms. The van der Waals surface area contributed by atoms with Crippen LogP contribution >= 0.6 is 0 Å². The molecular weight excluding hydrogens is 452 g/mol. The molecule has 3 heterocycles. The Morgan fingerprint density at radius 2 is 1.03 bits per heavy atom. The third kappa shape index (κ3) is 3.02. The van der Waals surface area contributed by atoms with Gasteiger partial charge in [0, 0.05) is 32.7 Å². The summed E-state index contributed by atoms with van der Waals surface area (Å²) in [6.45, 7) is 0. The van der Waals surface area contributed by atoms with Crippen molar-refractivity contribution >= 4 is 49.8 Å². The average Bonchev–Trinajstić information content (AvgIpc) is 3.49. The second kappa shape index (κ2) is 7.77. The zero-order valence-corrected chi connectivity index (χ0v) is 20.0. The number of hydrogen-bond donors (Lipinski definition) is 1. The Morgan fingerprint density at radius 3 is 1.65 bits per heavy atom. The van der Waals surface area contributed by atoms with Gasteiger partial charge in [0.15, 0.2) is 6.17 Å². The van der Waals surface area contributed by atoms with Crippen molar-refractivity contribution in [1.29, 1.82) is 0 Å². The van der Waals surface area contributed by atoms with Crippen molar-refractivity contribution in [1.82, 2.24) is 9.72 Å². The maximum Gasteiger partial charge on any atom is 0.169 e. The van der Waals surface area contributed by atoms with E-state index in [1.54, 1.807) is 0 Å². The molecular formula is C33H22N4. The Bertz CT molecular complexity index is 1920. The van der Waals surface area contributed by atoms with Gasteiger partial charge in [-0.15, -0.1) is 0 Å². The van der Waals surface area contributed by atoms with E-state index in [-0.39, 0.29) is 6.17 Å². The van der Waals surface area contributed by atoms with Crippen LogP contribution in [0.15, 0.2) is 131 Å². The topological polar surface area (TPSA) is 41.2 Å². The Hall–Kier alpha value is -4.96. The standard InChI is InChI=1S/C33H22N4/c1-3-11-21(12-4-1)31-34-32(22-13-5-2-6-14-22)36-33(35-31)23-19-26-24-15-7-9-17-28(24)37-29-18-10-8-16-25(29)27(20-23)30(26)37/h1-20,31H,(H,34,35,36). The van der Waals surface area contributed by atoms with E-state index in [1.165, 1.54) is 38.1 Å². The molecule has 37 heavy (non-hydrogen) atoms. The fourth-order valence-electron chi connectivity index (χ4n) is 5.70. The average molecular weight is 475 g/mol. The van der Waals surface area contributed by atoms with Crippen LogP contribution in [0.1, 0.15) is 22.9 Å². The Balaban J connectivity index is 1.39. The van der Waals surface area contributed by atoms with Crippen LogP contribution in [0.4, 0.5) is 0 Å². The monoisotopic (exact) mass is 474 g/mol. The molecule has 0 aliphatic carbocycles. The number of para-hydroxylation sites is 2. The summed E-state index contributed by atoms with van der Waals surface area (Å²) >= 11 is 0. The van der Waals surface area contributed by atoms with Gasteiger partial charge in [0.05, 0.1) is 16.6 Å². The molecule has 2 aromatic heterocycles. The summed E-state index contributed by atoms with van der Waals surface area (Å²) in [5, 5.41) is 8.56. The van der Waals surface area contributed by atoms with Gasteiger partial charge in [-0.25, -0.2) is 9.98 Å². The molecule has 1 unspecified atom stereocenters. The first-order valence-electron chi connectivity index (χ1n) is 12.6. The number of rotatable bonds is 3. The summed E-state index contributed by atoms with van der Waals surface area (Å²) in [5.41, 5.74) is 6.90. The number of aliphatic imine (C=N–C) groups is 2. The van der Waals surface area contributed by atoms with Crippen LogP contribution in [0.5, 0.6) is 0 Å². The van der Waals surface area contributed by atoms with E-state index in [2.05, 4.69) is 94.6 Å². The highest BCUT2D eigenvalue weighted by Crippen LogP contribution is 2.40. The minimum atomic E-state index is -0.314. The van der Waals surface area contributed by atoms with E-state index >= 15 is 0 Å². The number of aromatic nitrogens is 1. The van der Waals surface area contributed by atoms with Crippen LogP contribution < -0.4 is 5.32 Å². The van der Waals surface area contributed by atoms with Crippen molar-refractivity contribution < 1.29 is 0 Å². The molecule has 0 bridgehead atoms. The molecule has 1 aliphatic heterocycles. The lowest BCUT2D eigenvalue weighted by Crippen LogP contribution is -2.36. The van der Waals surface area contributed by atoms with E-state index in [1.807, 2.05) is 36.4 Å². The van der Waals surface area contributed by atoms with Crippen molar-refractivity contribution in [2.75, 3.05) is 0 Å². The smallest absolute Gasteiger partial charge is 0.169 e. The molecule has 0 fully saturated rings. The summed E-state index contributed by atoms with van der Waals surface area (Å²) in [7, 11) is 0. The molecule has 174 valence electrons. The van der Waals surface area contributed by atoms with Crippen LogP contribution in [0.2, 0.25) is 0 Å². The number of nitrogens with zero attached hydrogens (tertiary/aromatic N) is 3. The first kappa shape index (κ1) is 20.3. The molecule has 4 nitrogen and oxygen atoms in total. The molecule has 0 saturated carbocycles. The van der Waals surface area contributed by atoms with Crippen LogP contribution in [0.25, 0.3) is 38.1 Å². The van der Waals surface area contributed by atoms with Gasteiger partial charge < -0.3 is 9.72 Å². The highest BCUT2D eigenvalue weighted by Gasteiger charge is 2.23. The second-order valence-corrected chi connectivity index (χ2v) is 9.52. The molecule has 1 N–H and O–H groups in total. The Morgan fingerprint density at radius 1 is 0.514 bits per heavy atom. The maximum absolute atomic E-state index is 5.13. The minimum absolute atomic E-state index is 0.314. The Labute approximate surface area is 213 Å². The van der Waals surface area contributed by atoms with E-state index in [4.69, 9.17) is 9.98 Å². The second-order valence-electron chi connectivity index (χ2n) is 9.52. The summed E-state index contributed by atoms with van der Waals surface area (Å²) in [6, 6.07) is 42.5. The summed E-state index contributed by atoms with van der Waals surface area (Å²) in [4.78, 5) is 10.1. The fourth-order valence-corrected chi connectivity index (χ4v) is 5.70. The molecule has 8 rings (SSSR count). The maximum atomic E-state index is 5.13. The van der Waals surface area contributed by atoms with Gasteiger partial charge in [-0.2, -0.15) is 0 Å². The third-order valence-corrected chi connectivity index (χ3v) is 7.36. The van der Waals surface area contributed by atoms with Crippen LogP contribution in [0.3, 0.4) is 0 Å². The summed E-state index contributed by atoms with van der Waals surface area (Å²) in [6.07, 6.45) is -0.314. The molecule has 1 atom stereocenters. The van der Waals surface area contributed by atoms with Gasteiger partial charge in [-0.3, -0.25) is 0 Å². The van der Waals surface area contributed by atoms with Crippen LogP contribution in [-0.2, 0) is 0 Å². The number of benzene rings is 5. The van der Waals surface area contributed by atoms with Crippen molar-refractivity contribution in [2.45, 2.75) is 6.17 Å². The highest BCUT2D eigenvalue weighted by molar-refractivity contribution is 6.26. The van der Waals surface area contributed by atoms with Crippen molar-refractivity contribution in [3.05, 3.63) is 138 Å². The van der Waals surface area contributed by atoms with E-state index in [0.717, 1.165) is 28.4 Å². The van der Waals surface area contributed by atoms with Gasteiger partial charge in [-0.05, 0) is 29.8 Å². The number of amidine groups is 2. The molecule has 5 aromatic carbocycles. The van der Waals surface area contributed by atoms with Gasteiger partial charge in [0.25, 0.3) is 0 Å². The highest BCUT2D eigenvalue weighted by atomic mass is 15.2. The van der Waals surface area contributed by atoms with Crippen molar-refractivity contribution in [2.24, 2.45) is 9.98 Å². The molecule has 0 spiro atoms. The lowest BCUT2D eigenvalue weighted by Gasteiger charge is -2.22. The summed E-state index contributed by atoms with van der Waals surface area (Å²) < 4.78 is 2.40. The fraction of sp³-hybridized carbons (Fsp3) is 0.0303. The lowest BCUT2D eigenvalue weighted by molar-refractivity contribution is 0.756. The van der Waals surface area contributed by atoms with Gasteiger partial charge in [-0.1, -0.05) is 97.1 Å².